The normalized spacial score (nSPS) is 38.5. The minimum atomic E-state index is -1.64. The molecule has 3 unspecified atom stereocenters. The van der Waals surface area contributed by atoms with Gasteiger partial charge in [-0.1, -0.05) is 6.42 Å². The number of hydrogen-bond acceptors (Lipinski definition) is 3. The lowest BCUT2D eigenvalue weighted by Gasteiger charge is -2.29. The van der Waals surface area contributed by atoms with Crippen molar-refractivity contribution in [3.05, 3.63) is 0 Å². The molecule has 0 aromatic rings. The van der Waals surface area contributed by atoms with Crippen LogP contribution in [0.4, 0.5) is 0 Å². The summed E-state index contributed by atoms with van der Waals surface area (Å²) in [5.41, 5.74) is 0. The first kappa shape index (κ1) is 9.44. The molecule has 2 aliphatic rings. The second-order valence-corrected chi connectivity index (χ2v) is 4.71. The predicted molar refractivity (Wildman–Crippen MR) is 49.8 cm³/mol. The number of rotatable bonds is 3. The minimum Gasteiger partial charge on any atom is -0.353 e. The van der Waals surface area contributed by atoms with Gasteiger partial charge in [-0.25, -0.2) is 0 Å². The first-order chi connectivity index (χ1) is 6.11. The molecule has 13 heavy (non-hydrogen) atoms. The Balaban J connectivity index is 1.89. The Bertz CT molecular complexity index is 193. The Labute approximate surface area is 79.2 Å². The van der Waals surface area contributed by atoms with Crippen molar-refractivity contribution in [2.75, 3.05) is 7.05 Å². The molecule has 3 heteroatoms. The predicted octanol–water partition coefficient (Wildman–Crippen LogP) is 0.670. The Kier molecular flexibility index (Phi) is 2.34. The van der Waals surface area contributed by atoms with Gasteiger partial charge in [0, 0.05) is 6.42 Å². The van der Waals surface area contributed by atoms with E-state index in [1.54, 1.807) is 7.05 Å². The van der Waals surface area contributed by atoms with E-state index in [1.165, 1.54) is 25.7 Å². The maximum atomic E-state index is 9.46. The van der Waals surface area contributed by atoms with Crippen molar-refractivity contribution in [2.24, 2.45) is 17.8 Å². The van der Waals surface area contributed by atoms with Gasteiger partial charge in [-0.3, -0.25) is 5.32 Å². The molecule has 0 radical (unpaired) electrons. The number of nitrogens with one attached hydrogen (secondary N) is 1. The molecule has 0 aliphatic heterocycles. The van der Waals surface area contributed by atoms with Crippen molar-refractivity contribution in [3.63, 3.8) is 0 Å². The molecule has 2 bridgehead atoms. The molecule has 3 atom stereocenters. The summed E-state index contributed by atoms with van der Waals surface area (Å²) in [4.78, 5) is 0. The third kappa shape index (κ3) is 1.87. The molecular formula is C10H19NO2. The summed E-state index contributed by atoms with van der Waals surface area (Å²) in [6.45, 7) is 0. The van der Waals surface area contributed by atoms with Crippen LogP contribution in [0.1, 0.15) is 32.1 Å². The van der Waals surface area contributed by atoms with E-state index in [4.69, 9.17) is 0 Å². The summed E-state index contributed by atoms with van der Waals surface area (Å²) in [7, 11) is 1.59. The van der Waals surface area contributed by atoms with Gasteiger partial charge in [0.2, 0.25) is 5.91 Å². The van der Waals surface area contributed by atoms with Crippen molar-refractivity contribution in [1.82, 2.24) is 5.32 Å². The smallest absolute Gasteiger partial charge is 0.222 e. The number of hydrogen-bond donors (Lipinski definition) is 3. The highest BCUT2D eigenvalue weighted by Crippen LogP contribution is 2.50. The van der Waals surface area contributed by atoms with Crippen LogP contribution < -0.4 is 5.32 Å². The van der Waals surface area contributed by atoms with E-state index in [-0.39, 0.29) is 0 Å². The third-order valence-corrected chi connectivity index (χ3v) is 3.83. The van der Waals surface area contributed by atoms with Gasteiger partial charge in [0.25, 0.3) is 0 Å². The maximum Gasteiger partial charge on any atom is 0.222 e. The average molecular weight is 185 g/mol. The molecule has 0 aromatic heterocycles. The van der Waals surface area contributed by atoms with Crippen LogP contribution >= 0.6 is 0 Å². The summed E-state index contributed by atoms with van der Waals surface area (Å²) in [5.74, 6) is 0.524. The van der Waals surface area contributed by atoms with Crippen LogP contribution in [0.25, 0.3) is 0 Å². The van der Waals surface area contributed by atoms with Crippen molar-refractivity contribution in [2.45, 2.75) is 38.0 Å². The minimum absolute atomic E-state index is 0.491. The lowest BCUT2D eigenvalue weighted by atomic mass is 9.85. The summed E-state index contributed by atoms with van der Waals surface area (Å²) in [6.07, 6.45) is 5.68. The zero-order valence-electron chi connectivity index (χ0n) is 8.16. The van der Waals surface area contributed by atoms with Crippen LogP contribution in [0, 0.1) is 17.8 Å². The van der Waals surface area contributed by atoms with E-state index >= 15 is 0 Å². The van der Waals surface area contributed by atoms with Gasteiger partial charge in [0.05, 0.1) is 0 Å². The maximum absolute atomic E-state index is 9.46. The van der Waals surface area contributed by atoms with Crippen molar-refractivity contribution in [3.8, 4) is 0 Å². The molecule has 3 N–H and O–H groups in total. The highest BCUT2D eigenvalue weighted by molar-refractivity contribution is 4.91. The van der Waals surface area contributed by atoms with Crippen molar-refractivity contribution in [1.29, 1.82) is 0 Å². The fourth-order valence-corrected chi connectivity index (χ4v) is 3.09. The van der Waals surface area contributed by atoms with Gasteiger partial charge in [-0.05, 0) is 44.1 Å². The molecule has 0 aromatic carbocycles. The third-order valence-electron chi connectivity index (χ3n) is 3.83. The average Bonchev–Trinajstić information content (AvgIpc) is 2.64. The molecule has 0 saturated heterocycles. The number of aliphatic hydroxyl groups is 2. The van der Waals surface area contributed by atoms with Gasteiger partial charge in [0.1, 0.15) is 0 Å². The highest BCUT2D eigenvalue weighted by atomic mass is 16.5. The standard InChI is InChI=1S/C10H19NO2/c1-11-10(12,13)6-9-5-7-2-3-8(9)4-7/h7-9,11-13H,2-6H2,1H3. The van der Waals surface area contributed by atoms with E-state index in [1.807, 2.05) is 0 Å². The zero-order valence-corrected chi connectivity index (χ0v) is 8.16. The summed E-state index contributed by atoms with van der Waals surface area (Å²) in [5, 5.41) is 21.5. The fourth-order valence-electron chi connectivity index (χ4n) is 3.09. The summed E-state index contributed by atoms with van der Waals surface area (Å²) < 4.78 is 0. The van der Waals surface area contributed by atoms with Crippen molar-refractivity contribution >= 4 is 0 Å². The Morgan fingerprint density at radius 1 is 1.31 bits per heavy atom. The molecule has 0 heterocycles. The van der Waals surface area contributed by atoms with Crippen LogP contribution in [0.3, 0.4) is 0 Å². The van der Waals surface area contributed by atoms with Gasteiger partial charge in [-0.2, -0.15) is 0 Å². The monoisotopic (exact) mass is 185 g/mol. The number of fused-ring (bicyclic) bond motifs is 2. The van der Waals surface area contributed by atoms with Crippen LogP contribution in [-0.2, 0) is 0 Å². The first-order valence-electron chi connectivity index (χ1n) is 5.24. The molecule has 0 amide bonds. The van der Waals surface area contributed by atoms with Gasteiger partial charge in [0.15, 0.2) is 0 Å². The molecule has 0 spiro atoms. The summed E-state index contributed by atoms with van der Waals surface area (Å²) in [6, 6.07) is 0. The Hall–Kier alpha value is -0.120. The largest absolute Gasteiger partial charge is 0.353 e. The highest BCUT2D eigenvalue weighted by Gasteiger charge is 2.42. The van der Waals surface area contributed by atoms with Crippen molar-refractivity contribution < 1.29 is 10.2 Å². The van der Waals surface area contributed by atoms with Gasteiger partial charge >= 0.3 is 0 Å². The fraction of sp³-hybridized carbons (Fsp3) is 1.00. The van der Waals surface area contributed by atoms with E-state index in [0.717, 1.165) is 11.8 Å². The lowest BCUT2D eigenvalue weighted by molar-refractivity contribution is -0.195. The Morgan fingerprint density at radius 3 is 2.54 bits per heavy atom. The zero-order chi connectivity index (χ0) is 9.47. The summed E-state index contributed by atoms with van der Waals surface area (Å²) >= 11 is 0. The van der Waals surface area contributed by atoms with E-state index in [2.05, 4.69) is 5.32 Å². The van der Waals surface area contributed by atoms with E-state index < -0.39 is 5.91 Å². The van der Waals surface area contributed by atoms with Gasteiger partial charge in [-0.15, -0.1) is 0 Å². The molecule has 76 valence electrons. The quantitative estimate of drug-likeness (QED) is 0.566. The molecule has 2 saturated carbocycles. The lowest BCUT2D eigenvalue weighted by Crippen LogP contribution is -2.44. The van der Waals surface area contributed by atoms with Crippen LogP contribution in [-0.4, -0.2) is 23.2 Å². The molecule has 3 nitrogen and oxygen atoms in total. The van der Waals surface area contributed by atoms with Crippen LogP contribution in [0.2, 0.25) is 0 Å². The molecule has 2 rings (SSSR count). The Morgan fingerprint density at radius 2 is 2.08 bits per heavy atom. The second-order valence-electron chi connectivity index (χ2n) is 4.71. The first-order valence-corrected chi connectivity index (χ1v) is 5.24. The molecular weight excluding hydrogens is 166 g/mol. The molecule has 2 fully saturated rings. The van der Waals surface area contributed by atoms with E-state index in [9.17, 15) is 10.2 Å². The van der Waals surface area contributed by atoms with Crippen LogP contribution in [0.5, 0.6) is 0 Å². The van der Waals surface area contributed by atoms with E-state index in [0.29, 0.717) is 12.3 Å². The SMILES string of the molecule is CNC(O)(O)CC1CC2CCC1C2. The molecule has 2 aliphatic carbocycles. The van der Waals surface area contributed by atoms with Gasteiger partial charge < -0.3 is 10.2 Å². The van der Waals surface area contributed by atoms with Crippen LogP contribution in [0.15, 0.2) is 0 Å². The topological polar surface area (TPSA) is 52.5 Å². The second kappa shape index (κ2) is 3.23.